The number of aryl methyl sites for hydroxylation is 2. The molecule has 162 valence electrons. The second kappa shape index (κ2) is 16.3. The summed E-state index contributed by atoms with van der Waals surface area (Å²) in [5.41, 5.74) is 3.53. The summed E-state index contributed by atoms with van der Waals surface area (Å²) >= 11 is 0. The van der Waals surface area contributed by atoms with Crippen LogP contribution in [0.5, 0.6) is 5.75 Å². The minimum atomic E-state index is -0.0154. The van der Waals surface area contributed by atoms with E-state index in [0.29, 0.717) is 5.56 Å². The summed E-state index contributed by atoms with van der Waals surface area (Å²) in [6.45, 7) is 24.2. The van der Waals surface area contributed by atoms with Crippen LogP contribution < -0.4 is 0 Å². The summed E-state index contributed by atoms with van der Waals surface area (Å²) in [4.78, 5) is 15.4. The van der Waals surface area contributed by atoms with Crippen molar-refractivity contribution in [1.29, 1.82) is 0 Å². The van der Waals surface area contributed by atoms with E-state index in [9.17, 15) is 4.79 Å². The molecule has 29 heavy (non-hydrogen) atoms. The largest absolute Gasteiger partial charge is 0.508 e. The average Bonchev–Trinajstić information content (AvgIpc) is 3.10. The molecule has 0 aliphatic carbocycles. The van der Waals surface area contributed by atoms with E-state index in [1.54, 1.807) is 18.2 Å². The predicted molar refractivity (Wildman–Crippen MR) is 128 cm³/mol. The molecule has 4 heteroatoms. The van der Waals surface area contributed by atoms with Crippen molar-refractivity contribution in [3.05, 3.63) is 59.7 Å². The van der Waals surface area contributed by atoms with E-state index in [4.69, 9.17) is 5.11 Å². The molecule has 2 aromatic rings. The molecule has 0 aliphatic rings. The monoisotopic (exact) mass is 400 g/mol. The van der Waals surface area contributed by atoms with E-state index in [1.807, 2.05) is 40.7 Å². The summed E-state index contributed by atoms with van der Waals surface area (Å²) in [6, 6.07) is 4.78. The van der Waals surface area contributed by atoms with E-state index in [0.717, 1.165) is 42.2 Å². The maximum Gasteiger partial charge on any atom is 0.160 e. The van der Waals surface area contributed by atoms with Crippen molar-refractivity contribution in [1.82, 2.24) is 9.55 Å². The quantitative estimate of drug-likeness (QED) is 0.526. The SMILES string of the molecule is C=Cc1nc(CC)n(CCC)c1C=C.CC.CC.CC(=O)c1cc(O)ccc1C. The summed E-state index contributed by atoms with van der Waals surface area (Å²) in [6.07, 6.45) is 5.72. The number of nitrogens with zero attached hydrogens (tertiary/aromatic N) is 2. The zero-order valence-electron chi connectivity index (χ0n) is 19.7. The molecule has 0 saturated heterocycles. The standard InChI is InChI=1S/C12H18N2.C9H10O2.2C2H6/c1-5-9-14-11(7-3)10(6-2)13-12(14)8-4;1-6-3-4-8(11)5-9(6)7(2)10;2*1-2/h6-7H,2-3,5,8-9H2,1,4H3;3-5,11H,1-2H3;2*1-2H3. The van der Waals surface area contributed by atoms with Gasteiger partial charge in [-0.25, -0.2) is 4.98 Å². The Hall–Kier alpha value is -2.62. The minimum absolute atomic E-state index is 0.0154. The van der Waals surface area contributed by atoms with Gasteiger partial charge in [0.15, 0.2) is 5.78 Å². The first-order valence-electron chi connectivity index (χ1n) is 10.5. The average molecular weight is 401 g/mol. The third-order valence-electron chi connectivity index (χ3n) is 3.86. The number of Topliss-reactive ketones (excluding diaryl/α,β-unsaturated/α-hetero) is 1. The van der Waals surface area contributed by atoms with Gasteiger partial charge >= 0.3 is 0 Å². The van der Waals surface area contributed by atoms with E-state index >= 15 is 0 Å². The normalized spacial score (nSPS) is 8.97. The maximum absolute atomic E-state index is 10.9. The van der Waals surface area contributed by atoms with Gasteiger partial charge in [0.25, 0.3) is 0 Å². The lowest BCUT2D eigenvalue weighted by Gasteiger charge is -2.06. The smallest absolute Gasteiger partial charge is 0.160 e. The second-order valence-electron chi connectivity index (χ2n) is 5.77. The van der Waals surface area contributed by atoms with Gasteiger partial charge < -0.3 is 9.67 Å². The van der Waals surface area contributed by atoms with Gasteiger partial charge in [-0.3, -0.25) is 4.79 Å². The van der Waals surface area contributed by atoms with Gasteiger partial charge in [0.1, 0.15) is 11.6 Å². The number of benzene rings is 1. The molecule has 0 saturated carbocycles. The lowest BCUT2D eigenvalue weighted by molar-refractivity contribution is 0.101. The van der Waals surface area contributed by atoms with Crippen LogP contribution in [0.25, 0.3) is 12.2 Å². The number of hydrogen-bond donors (Lipinski definition) is 1. The van der Waals surface area contributed by atoms with Crippen LogP contribution in [0.2, 0.25) is 0 Å². The number of phenolic OH excluding ortho intramolecular Hbond substituents is 1. The number of rotatable bonds is 6. The number of imidazole rings is 1. The van der Waals surface area contributed by atoms with Crippen LogP contribution in [0, 0.1) is 6.92 Å². The second-order valence-corrected chi connectivity index (χ2v) is 5.77. The predicted octanol–water partition coefficient (Wildman–Crippen LogP) is 7.10. The van der Waals surface area contributed by atoms with E-state index in [-0.39, 0.29) is 11.5 Å². The van der Waals surface area contributed by atoms with Crippen LogP contribution >= 0.6 is 0 Å². The van der Waals surface area contributed by atoms with Gasteiger partial charge in [-0.2, -0.15) is 0 Å². The fraction of sp³-hybridized carbons (Fsp3) is 0.440. The number of ketones is 1. The fourth-order valence-corrected chi connectivity index (χ4v) is 2.63. The molecule has 0 fully saturated rings. The third-order valence-corrected chi connectivity index (χ3v) is 3.86. The maximum atomic E-state index is 10.9. The Balaban J connectivity index is 0. The first-order valence-corrected chi connectivity index (χ1v) is 10.5. The Kier molecular flexibility index (Phi) is 16.1. The van der Waals surface area contributed by atoms with Gasteiger partial charge in [-0.1, -0.05) is 60.8 Å². The first-order chi connectivity index (χ1) is 13.9. The Labute approximate surface area is 178 Å². The highest BCUT2D eigenvalue weighted by atomic mass is 16.3. The fourth-order valence-electron chi connectivity index (χ4n) is 2.63. The third kappa shape index (κ3) is 8.95. The number of carbonyl (C=O) groups excluding carboxylic acids is 1. The topological polar surface area (TPSA) is 55.1 Å². The van der Waals surface area contributed by atoms with Crippen molar-refractivity contribution < 1.29 is 9.90 Å². The highest BCUT2D eigenvalue weighted by molar-refractivity contribution is 5.95. The number of carbonyl (C=O) groups is 1. The highest BCUT2D eigenvalue weighted by Gasteiger charge is 2.10. The molecule has 4 nitrogen and oxygen atoms in total. The Morgan fingerprint density at radius 3 is 2.10 bits per heavy atom. The molecule has 1 heterocycles. The van der Waals surface area contributed by atoms with Gasteiger partial charge in [-0.05, 0) is 50.1 Å². The van der Waals surface area contributed by atoms with Crippen molar-refractivity contribution in [2.24, 2.45) is 0 Å². The van der Waals surface area contributed by atoms with E-state index in [1.165, 1.54) is 13.0 Å². The molecule has 0 aliphatic heterocycles. The van der Waals surface area contributed by atoms with Crippen LogP contribution in [0.4, 0.5) is 0 Å². The van der Waals surface area contributed by atoms with Gasteiger partial charge in [0, 0.05) is 18.5 Å². The molecule has 2 rings (SSSR count). The van der Waals surface area contributed by atoms with Crippen LogP contribution in [-0.2, 0) is 13.0 Å². The molecule has 0 bridgehead atoms. The first kappa shape index (κ1) is 28.6. The summed E-state index contributed by atoms with van der Waals surface area (Å²) in [5.74, 6) is 1.25. The molecule has 1 N–H and O–H groups in total. The van der Waals surface area contributed by atoms with Crippen molar-refractivity contribution in [2.45, 2.75) is 74.8 Å². The van der Waals surface area contributed by atoms with E-state index < -0.39 is 0 Å². The number of hydrogen-bond acceptors (Lipinski definition) is 3. The number of aromatic nitrogens is 2. The molecule has 0 radical (unpaired) electrons. The molecule has 1 aromatic heterocycles. The molecule has 0 amide bonds. The van der Waals surface area contributed by atoms with Crippen molar-refractivity contribution >= 4 is 17.9 Å². The van der Waals surface area contributed by atoms with Crippen molar-refractivity contribution in [2.75, 3.05) is 0 Å². The zero-order chi connectivity index (χ0) is 23.0. The Morgan fingerprint density at radius 2 is 1.72 bits per heavy atom. The lowest BCUT2D eigenvalue weighted by atomic mass is 10.1. The Morgan fingerprint density at radius 1 is 1.14 bits per heavy atom. The number of phenols is 1. The summed E-state index contributed by atoms with van der Waals surface area (Å²) in [5, 5.41) is 9.03. The molecular formula is C25H40N2O2. The van der Waals surface area contributed by atoms with Crippen molar-refractivity contribution in [3.8, 4) is 5.75 Å². The minimum Gasteiger partial charge on any atom is -0.508 e. The van der Waals surface area contributed by atoms with Crippen LogP contribution in [0.1, 0.15) is 88.0 Å². The van der Waals surface area contributed by atoms with Crippen LogP contribution in [-0.4, -0.2) is 20.4 Å². The number of aromatic hydroxyl groups is 1. The van der Waals surface area contributed by atoms with Crippen LogP contribution in [0.3, 0.4) is 0 Å². The molecule has 0 unspecified atom stereocenters. The molecule has 0 spiro atoms. The Bertz CT molecular complexity index is 758. The van der Waals surface area contributed by atoms with E-state index in [2.05, 4.69) is 36.6 Å². The van der Waals surface area contributed by atoms with Gasteiger partial charge in [0.05, 0.1) is 11.4 Å². The molecular weight excluding hydrogens is 360 g/mol. The van der Waals surface area contributed by atoms with Crippen LogP contribution in [0.15, 0.2) is 31.4 Å². The molecule has 1 aromatic carbocycles. The molecule has 0 atom stereocenters. The van der Waals surface area contributed by atoms with Gasteiger partial charge in [-0.15, -0.1) is 0 Å². The van der Waals surface area contributed by atoms with Gasteiger partial charge in [0.2, 0.25) is 0 Å². The zero-order valence-corrected chi connectivity index (χ0v) is 19.7. The van der Waals surface area contributed by atoms with Crippen molar-refractivity contribution in [3.63, 3.8) is 0 Å². The highest BCUT2D eigenvalue weighted by Crippen LogP contribution is 2.16. The summed E-state index contributed by atoms with van der Waals surface area (Å²) in [7, 11) is 0. The summed E-state index contributed by atoms with van der Waals surface area (Å²) < 4.78 is 2.23. The lowest BCUT2D eigenvalue weighted by Crippen LogP contribution is -2.04.